The van der Waals surface area contributed by atoms with E-state index < -0.39 is 43.5 Å². The molecule has 0 bridgehead atoms. The van der Waals surface area contributed by atoms with E-state index in [0.29, 0.717) is 5.56 Å². The Hall–Kier alpha value is -3.98. The van der Waals surface area contributed by atoms with Crippen LogP contribution in [-0.2, 0) is 24.8 Å². The molecule has 1 atom stereocenters. The fraction of sp³-hybridized carbons (Fsp3) is 0.167. The number of amides is 1. The van der Waals surface area contributed by atoms with Gasteiger partial charge in [-0.15, -0.1) is 0 Å². The van der Waals surface area contributed by atoms with Crippen LogP contribution >= 0.6 is 0 Å². The zero-order valence-electron chi connectivity index (χ0n) is 19.8. The number of nitro benzene ring substituents is 1. The summed E-state index contributed by atoms with van der Waals surface area (Å²) >= 11 is 0. The molecule has 0 unspecified atom stereocenters. The largest absolute Gasteiger partial charge is 0.271 e. The number of nitrogens with one attached hydrogen (secondary N) is 1. The quantitative estimate of drug-likeness (QED) is 0.251. The average Bonchev–Trinajstić information content (AvgIpc) is 2.93. The summed E-state index contributed by atoms with van der Waals surface area (Å²) < 4.78 is 55.2. The summed E-state index contributed by atoms with van der Waals surface area (Å²) in [5.41, 5.74) is 2.40. The first-order valence-electron chi connectivity index (χ1n) is 11.3. The third-order valence-corrected chi connectivity index (χ3v) is 9.60. The fourth-order valence-corrected chi connectivity index (χ4v) is 6.94. The lowest BCUT2D eigenvalue weighted by Gasteiger charge is -2.38. The van der Waals surface area contributed by atoms with Gasteiger partial charge in [-0.05, 0) is 24.3 Å². The van der Waals surface area contributed by atoms with Crippen LogP contribution in [0.1, 0.15) is 5.56 Å². The lowest BCUT2D eigenvalue weighted by molar-refractivity contribution is -0.384. The lowest BCUT2D eigenvalue weighted by atomic mass is 10.2. The minimum Gasteiger partial charge on any atom is -0.271 e. The summed E-state index contributed by atoms with van der Waals surface area (Å²) in [5, 5.41) is 14.8. The summed E-state index contributed by atoms with van der Waals surface area (Å²) in [4.78, 5) is 23.6. The standard InChI is InChI=1S/C24H23N5O7S2/c30-24(26-25-17-19-8-7-9-20(16-19)29(31)32)23-18-27(37(33,34)21-10-3-1-4-11-21)14-15-28(23)38(35,36)22-12-5-2-6-13-22/h1-13,16-17,23H,14-15,18H2,(H,26,30)/b25-17-/t23-/m0/s1. The minimum atomic E-state index is -4.16. The number of hydrazone groups is 1. The van der Waals surface area contributed by atoms with Crippen molar-refractivity contribution < 1.29 is 26.6 Å². The van der Waals surface area contributed by atoms with Crippen LogP contribution in [0.5, 0.6) is 0 Å². The maximum Gasteiger partial charge on any atom is 0.270 e. The van der Waals surface area contributed by atoms with E-state index in [1.165, 1.54) is 54.7 Å². The molecule has 0 spiro atoms. The van der Waals surface area contributed by atoms with Crippen molar-refractivity contribution in [2.24, 2.45) is 5.10 Å². The zero-order valence-corrected chi connectivity index (χ0v) is 21.5. The summed E-state index contributed by atoms with van der Waals surface area (Å²) in [6, 6.07) is 19.2. The molecule has 4 rings (SSSR count). The number of hydrogen-bond acceptors (Lipinski definition) is 8. The van der Waals surface area contributed by atoms with Crippen molar-refractivity contribution >= 4 is 37.9 Å². The molecule has 1 N–H and O–H groups in total. The highest BCUT2D eigenvalue weighted by atomic mass is 32.2. The van der Waals surface area contributed by atoms with Crippen molar-refractivity contribution in [2.45, 2.75) is 15.8 Å². The molecule has 1 amide bonds. The smallest absolute Gasteiger partial charge is 0.270 e. The summed E-state index contributed by atoms with van der Waals surface area (Å²) in [6.07, 6.45) is 1.17. The lowest BCUT2D eigenvalue weighted by Crippen LogP contribution is -2.60. The number of piperazine rings is 1. The van der Waals surface area contributed by atoms with Gasteiger partial charge in [-0.3, -0.25) is 14.9 Å². The van der Waals surface area contributed by atoms with Gasteiger partial charge in [0.2, 0.25) is 20.0 Å². The molecule has 14 heteroatoms. The predicted octanol–water partition coefficient (Wildman–Crippen LogP) is 1.81. The highest BCUT2D eigenvalue weighted by Crippen LogP contribution is 2.25. The first kappa shape index (κ1) is 27.1. The number of hydrogen-bond donors (Lipinski definition) is 1. The second kappa shape index (κ2) is 11.2. The van der Waals surface area contributed by atoms with Crippen LogP contribution in [0.25, 0.3) is 0 Å². The van der Waals surface area contributed by atoms with Gasteiger partial charge < -0.3 is 0 Å². The monoisotopic (exact) mass is 557 g/mol. The number of benzene rings is 3. The van der Waals surface area contributed by atoms with Gasteiger partial charge in [0, 0.05) is 37.3 Å². The molecule has 12 nitrogen and oxygen atoms in total. The normalized spacial score (nSPS) is 17.3. The topological polar surface area (TPSA) is 159 Å². The second-order valence-electron chi connectivity index (χ2n) is 8.21. The molecule has 3 aromatic carbocycles. The maximum absolute atomic E-state index is 13.4. The van der Waals surface area contributed by atoms with E-state index in [9.17, 15) is 31.7 Å². The van der Waals surface area contributed by atoms with Gasteiger partial charge in [-0.2, -0.15) is 13.7 Å². The first-order valence-corrected chi connectivity index (χ1v) is 14.2. The minimum absolute atomic E-state index is 0.0159. The van der Waals surface area contributed by atoms with E-state index in [1.54, 1.807) is 36.4 Å². The molecule has 0 saturated carbocycles. The number of nitro groups is 1. The highest BCUT2D eigenvalue weighted by Gasteiger charge is 2.43. The van der Waals surface area contributed by atoms with Crippen LogP contribution in [0.4, 0.5) is 5.69 Å². The number of sulfonamides is 2. The van der Waals surface area contributed by atoms with E-state index in [2.05, 4.69) is 10.5 Å². The molecule has 0 aliphatic carbocycles. The van der Waals surface area contributed by atoms with Crippen molar-refractivity contribution in [1.29, 1.82) is 0 Å². The SMILES string of the molecule is O=C(N/N=C\c1cccc([N+](=O)[O-])c1)[C@@H]1CN(S(=O)(=O)c2ccccc2)CCN1S(=O)(=O)c1ccccc1. The molecule has 198 valence electrons. The van der Waals surface area contributed by atoms with Crippen molar-refractivity contribution in [3.63, 3.8) is 0 Å². The number of nitrogens with zero attached hydrogens (tertiary/aromatic N) is 4. The van der Waals surface area contributed by atoms with Crippen LogP contribution in [-0.4, -0.2) is 68.2 Å². The van der Waals surface area contributed by atoms with Gasteiger partial charge in [0.25, 0.3) is 11.6 Å². The molecule has 1 saturated heterocycles. The zero-order chi connectivity index (χ0) is 27.3. The Kier molecular flexibility index (Phi) is 7.97. The molecule has 1 aliphatic heterocycles. The maximum atomic E-state index is 13.4. The van der Waals surface area contributed by atoms with Gasteiger partial charge in [0.15, 0.2) is 0 Å². The van der Waals surface area contributed by atoms with Crippen LogP contribution in [0.3, 0.4) is 0 Å². The Morgan fingerprint density at radius 2 is 1.50 bits per heavy atom. The van der Waals surface area contributed by atoms with Gasteiger partial charge in [0.1, 0.15) is 6.04 Å². The van der Waals surface area contributed by atoms with Crippen molar-refractivity contribution in [2.75, 3.05) is 19.6 Å². The van der Waals surface area contributed by atoms with Gasteiger partial charge in [-0.25, -0.2) is 22.3 Å². The van der Waals surface area contributed by atoms with E-state index >= 15 is 0 Å². The summed E-state index contributed by atoms with van der Waals surface area (Å²) in [6.45, 7) is -0.874. The fourth-order valence-electron chi connectivity index (χ4n) is 3.89. The number of non-ortho nitro benzene ring substituents is 1. The highest BCUT2D eigenvalue weighted by molar-refractivity contribution is 7.89. The van der Waals surface area contributed by atoms with E-state index in [1.807, 2.05) is 0 Å². The van der Waals surface area contributed by atoms with Gasteiger partial charge >= 0.3 is 0 Å². The number of carbonyl (C=O) groups is 1. The number of rotatable bonds is 8. The van der Waals surface area contributed by atoms with Crippen LogP contribution in [0, 0.1) is 10.1 Å². The molecular weight excluding hydrogens is 534 g/mol. The Morgan fingerprint density at radius 3 is 2.11 bits per heavy atom. The molecule has 1 aliphatic rings. The number of carbonyl (C=O) groups excluding carboxylic acids is 1. The predicted molar refractivity (Wildman–Crippen MR) is 138 cm³/mol. The first-order chi connectivity index (χ1) is 18.1. The summed E-state index contributed by atoms with van der Waals surface area (Å²) in [5.74, 6) is -0.862. The molecule has 0 radical (unpaired) electrons. The Labute approximate surface area is 219 Å². The second-order valence-corrected chi connectivity index (χ2v) is 12.0. The molecule has 3 aromatic rings. The van der Waals surface area contributed by atoms with Crippen LogP contribution in [0.2, 0.25) is 0 Å². The van der Waals surface area contributed by atoms with Gasteiger partial charge in [0.05, 0.1) is 20.9 Å². The van der Waals surface area contributed by atoms with E-state index in [0.717, 1.165) is 8.61 Å². The van der Waals surface area contributed by atoms with Crippen molar-refractivity contribution in [3.05, 3.63) is 101 Å². The molecule has 38 heavy (non-hydrogen) atoms. The Morgan fingerprint density at radius 1 is 0.895 bits per heavy atom. The third kappa shape index (κ3) is 5.78. The van der Waals surface area contributed by atoms with Crippen LogP contribution < -0.4 is 5.43 Å². The van der Waals surface area contributed by atoms with E-state index in [4.69, 9.17) is 0 Å². The molecular formula is C24H23N5O7S2. The Balaban J connectivity index is 1.62. The molecule has 1 heterocycles. The van der Waals surface area contributed by atoms with Crippen molar-refractivity contribution in [3.8, 4) is 0 Å². The van der Waals surface area contributed by atoms with E-state index in [-0.39, 0.29) is 28.6 Å². The summed E-state index contributed by atoms with van der Waals surface area (Å²) in [7, 11) is -8.17. The van der Waals surface area contributed by atoms with Crippen molar-refractivity contribution in [1.82, 2.24) is 14.0 Å². The van der Waals surface area contributed by atoms with Crippen LogP contribution in [0.15, 0.2) is 99.8 Å². The Bertz CT molecular complexity index is 1560. The van der Waals surface area contributed by atoms with Gasteiger partial charge in [-0.1, -0.05) is 48.5 Å². The molecule has 1 fully saturated rings. The molecule has 0 aromatic heterocycles. The average molecular weight is 558 g/mol. The third-order valence-electron chi connectivity index (χ3n) is 5.80.